The summed E-state index contributed by atoms with van der Waals surface area (Å²) in [6.07, 6.45) is 0.341. The van der Waals surface area contributed by atoms with Gasteiger partial charge in [0, 0.05) is 18.7 Å². The molecule has 0 aliphatic heterocycles. The first-order valence-corrected chi connectivity index (χ1v) is 11.0. The summed E-state index contributed by atoms with van der Waals surface area (Å²) < 4.78 is 41.7. The number of nitrogens with one attached hydrogen (secondary N) is 2. The summed E-state index contributed by atoms with van der Waals surface area (Å²) >= 11 is 0. The highest BCUT2D eigenvalue weighted by atomic mass is 32.2. The molecule has 3 rings (SSSR count). The van der Waals surface area contributed by atoms with Crippen LogP contribution in [0.3, 0.4) is 0 Å². The molecule has 0 heterocycles. The van der Waals surface area contributed by atoms with Crippen molar-refractivity contribution in [1.29, 1.82) is 0 Å². The summed E-state index contributed by atoms with van der Waals surface area (Å²) in [4.78, 5) is 12.5. The molecule has 3 aromatic rings. The topological polar surface area (TPSA) is 75.3 Å². The number of hydrogen-bond acceptors (Lipinski definition) is 3. The molecule has 0 fully saturated rings. The van der Waals surface area contributed by atoms with E-state index in [0.29, 0.717) is 17.5 Å². The molecule has 0 saturated heterocycles. The SMILES string of the molecule is Cc1ccc(C(=O)NCCc2ccccc2F)cc1S(=O)(=O)NCc1ccccc1. The van der Waals surface area contributed by atoms with Crippen molar-refractivity contribution in [3.8, 4) is 0 Å². The second-order valence-corrected chi connectivity index (χ2v) is 8.62. The molecule has 0 saturated carbocycles. The molecule has 156 valence electrons. The molecule has 5 nitrogen and oxygen atoms in total. The van der Waals surface area contributed by atoms with Crippen molar-refractivity contribution in [2.45, 2.75) is 24.8 Å². The van der Waals surface area contributed by atoms with E-state index >= 15 is 0 Å². The van der Waals surface area contributed by atoms with Crippen LogP contribution in [0.4, 0.5) is 4.39 Å². The maximum Gasteiger partial charge on any atom is 0.251 e. The average Bonchev–Trinajstić information content (AvgIpc) is 2.74. The summed E-state index contributed by atoms with van der Waals surface area (Å²) in [5, 5.41) is 2.71. The van der Waals surface area contributed by atoms with Gasteiger partial charge in [0.25, 0.3) is 5.91 Å². The van der Waals surface area contributed by atoms with Gasteiger partial charge in [-0.05, 0) is 48.2 Å². The largest absolute Gasteiger partial charge is 0.352 e. The molecule has 3 aromatic carbocycles. The van der Waals surface area contributed by atoms with Crippen LogP contribution in [0, 0.1) is 12.7 Å². The molecule has 0 aromatic heterocycles. The van der Waals surface area contributed by atoms with Crippen molar-refractivity contribution in [1.82, 2.24) is 10.0 Å². The van der Waals surface area contributed by atoms with Gasteiger partial charge in [0.05, 0.1) is 4.90 Å². The van der Waals surface area contributed by atoms with Crippen LogP contribution in [-0.4, -0.2) is 20.9 Å². The number of carbonyl (C=O) groups is 1. The minimum Gasteiger partial charge on any atom is -0.352 e. The standard InChI is InChI=1S/C23H23FN2O3S/c1-17-11-12-20(23(27)25-14-13-19-9-5-6-10-21(19)24)15-22(17)30(28,29)26-16-18-7-3-2-4-8-18/h2-12,15,26H,13-14,16H2,1H3,(H,25,27). The van der Waals surface area contributed by atoms with Crippen molar-refractivity contribution in [2.75, 3.05) is 6.54 Å². The summed E-state index contributed by atoms with van der Waals surface area (Å²) in [7, 11) is -3.79. The third-order valence-corrected chi connectivity index (χ3v) is 6.23. The van der Waals surface area contributed by atoms with Crippen LogP contribution in [0.5, 0.6) is 0 Å². The lowest BCUT2D eigenvalue weighted by Crippen LogP contribution is -2.27. The van der Waals surface area contributed by atoms with E-state index in [1.165, 1.54) is 12.1 Å². The van der Waals surface area contributed by atoms with E-state index in [9.17, 15) is 17.6 Å². The Labute approximate surface area is 176 Å². The number of halogens is 1. The van der Waals surface area contributed by atoms with Gasteiger partial charge < -0.3 is 5.32 Å². The normalized spacial score (nSPS) is 11.3. The highest BCUT2D eigenvalue weighted by Crippen LogP contribution is 2.18. The number of aryl methyl sites for hydroxylation is 1. The van der Waals surface area contributed by atoms with E-state index in [0.717, 1.165) is 5.56 Å². The fourth-order valence-corrected chi connectivity index (χ4v) is 4.28. The van der Waals surface area contributed by atoms with Gasteiger partial charge in [0.15, 0.2) is 0 Å². The van der Waals surface area contributed by atoms with E-state index in [1.807, 2.05) is 30.3 Å². The van der Waals surface area contributed by atoms with Crippen molar-refractivity contribution in [3.63, 3.8) is 0 Å². The quantitative estimate of drug-likeness (QED) is 0.578. The Morgan fingerprint density at radius 1 is 0.967 bits per heavy atom. The molecule has 0 aliphatic carbocycles. The number of benzene rings is 3. The van der Waals surface area contributed by atoms with Gasteiger partial charge in [-0.1, -0.05) is 54.6 Å². The summed E-state index contributed by atoms with van der Waals surface area (Å²) in [5.41, 5.74) is 2.11. The predicted octanol–water partition coefficient (Wildman–Crippen LogP) is 3.59. The van der Waals surface area contributed by atoms with E-state index < -0.39 is 15.9 Å². The van der Waals surface area contributed by atoms with Gasteiger partial charge in [-0.2, -0.15) is 0 Å². The van der Waals surface area contributed by atoms with E-state index in [4.69, 9.17) is 0 Å². The van der Waals surface area contributed by atoms with Crippen LogP contribution in [0.1, 0.15) is 27.0 Å². The molecular weight excluding hydrogens is 403 g/mol. The minimum atomic E-state index is -3.79. The molecule has 0 atom stereocenters. The Balaban J connectivity index is 1.67. The highest BCUT2D eigenvalue weighted by molar-refractivity contribution is 7.89. The van der Waals surface area contributed by atoms with Gasteiger partial charge in [-0.3, -0.25) is 4.79 Å². The van der Waals surface area contributed by atoms with E-state index in [2.05, 4.69) is 10.0 Å². The Kier molecular flexibility index (Phi) is 6.97. The number of carbonyl (C=O) groups excluding carboxylic acids is 1. The predicted molar refractivity (Wildman–Crippen MR) is 114 cm³/mol. The lowest BCUT2D eigenvalue weighted by Gasteiger charge is -2.12. The second kappa shape index (κ2) is 9.65. The fraction of sp³-hybridized carbons (Fsp3) is 0.174. The van der Waals surface area contributed by atoms with Gasteiger partial charge in [0.2, 0.25) is 10.0 Å². The molecule has 7 heteroatoms. The third-order valence-electron chi connectivity index (χ3n) is 4.69. The Bertz CT molecular complexity index is 1130. The van der Waals surface area contributed by atoms with Gasteiger partial charge in [0.1, 0.15) is 5.82 Å². The summed E-state index contributed by atoms with van der Waals surface area (Å²) in [6, 6.07) is 20.1. The van der Waals surface area contributed by atoms with E-state index in [1.54, 1.807) is 37.3 Å². The highest BCUT2D eigenvalue weighted by Gasteiger charge is 2.19. The summed E-state index contributed by atoms with van der Waals surface area (Å²) in [5.74, 6) is -0.731. The maximum atomic E-state index is 13.7. The first-order chi connectivity index (χ1) is 14.4. The van der Waals surface area contributed by atoms with Gasteiger partial charge in [-0.25, -0.2) is 17.5 Å². The first kappa shape index (κ1) is 21.7. The Hall–Kier alpha value is -3.03. The van der Waals surface area contributed by atoms with Crippen molar-refractivity contribution < 1.29 is 17.6 Å². The fourth-order valence-electron chi connectivity index (χ4n) is 3.00. The monoisotopic (exact) mass is 426 g/mol. The molecule has 0 aliphatic rings. The van der Waals surface area contributed by atoms with Crippen LogP contribution in [0.2, 0.25) is 0 Å². The zero-order valence-electron chi connectivity index (χ0n) is 16.6. The number of hydrogen-bond donors (Lipinski definition) is 2. The minimum absolute atomic E-state index is 0.0557. The zero-order chi connectivity index (χ0) is 21.6. The van der Waals surface area contributed by atoms with E-state index in [-0.39, 0.29) is 29.4 Å². The molecule has 0 unspecified atom stereocenters. The molecule has 1 amide bonds. The molecule has 2 N–H and O–H groups in total. The Morgan fingerprint density at radius 2 is 1.67 bits per heavy atom. The van der Waals surface area contributed by atoms with Crippen molar-refractivity contribution >= 4 is 15.9 Å². The van der Waals surface area contributed by atoms with Gasteiger partial charge in [-0.15, -0.1) is 0 Å². The third kappa shape index (κ3) is 5.52. The number of rotatable bonds is 8. The number of amides is 1. The number of sulfonamides is 1. The van der Waals surface area contributed by atoms with Crippen molar-refractivity contribution in [3.05, 3.63) is 101 Å². The molecule has 0 spiro atoms. The molecule has 30 heavy (non-hydrogen) atoms. The first-order valence-electron chi connectivity index (χ1n) is 9.52. The van der Waals surface area contributed by atoms with Crippen LogP contribution >= 0.6 is 0 Å². The molecular formula is C23H23FN2O3S. The lowest BCUT2D eigenvalue weighted by atomic mass is 10.1. The Morgan fingerprint density at radius 3 is 2.40 bits per heavy atom. The smallest absolute Gasteiger partial charge is 0.251 e. The molecule has 0 bridgehead atoms. The zero-order valence-corrected chi connectivity index (χ0v) is 17.4. The van der Waals surface area contributed by atoms with Crippen LogP contribution < -0.4 is 10.0 Å². The van der Waals surface area contributed by atoms with Crippen LogP contribution in [0.15, 0.2) is 77.7 Å². The second-order valence-electron chi connectivity index (χ2n) is 6.89. The maximum absolute atomic E-state index is 13.7. The van der Waals surface area contributed by atoms with Crippen LogP contribution in [-0.2, 0) is 23.0 Å². The summed E-state index contributed by atoms with van der Waals surface area (Å²) in [6.45, 7) is 2.07. The lowest BCUT2D eigenvalue weighted by molar-refractivity contribution is 0.0954. The molecule has 0 radical (unpaired) electrons. The van der Waals surface area contributed by atoms with Crippen LogP contribution in [0.25, 0.3) is 0 Å². The van der Waals surface area contributed by atoms with Crippen molar-refractivity contribution in [2.24, 2.45) is 0 Å². The average molecular weight is 427 g/mol. The van der Waals surface area contributed by atoms with Gasteiger partial charge >= 0.3 is 0 Å².